The molecule has 0 aromatic heterocycles. The number of benzene rings is 1. The smallest absolute Gasteiger partial charge is 0.257 e. The number of aliphatic hydroxyl groups is 1. The standard InChI is InChI=1S/C18H27NO3/c1-18(2,21)15-8-10-16(11-9-15)22-13-17(20)19-12-14-6-4-3-5-7-14/h8-11,14,21H,3-7,12-13H2,1-2H3,(H,19,20). The number of ether oxygens (including phenoxy) is 1. The summed E-state index contributed by atoms with van der Waals surface area (Å²) in [7, 11) is 0. The Morgan fingerprint density at radius 3 is 2.45 bits per heavy atom. The first-order valence-corrected chi connectivity index (χ1v) is 8.17. The molecule has 0 atom stereocenters. The van der Waals surface area contributed by atoms with E-state index in [1.807, 2.05) is 12.1 Å². The largest absolute Gasteiger partial charge is 0.484 e. The fraction of sp³-hybridized carbons (Fsp3) is 0.611. The zero-order chi connectivity index (χ0) is 16.0. The summed E-state index contributed by atoms with van der Waals surface area (Å²) in [5.74, 6) is 1.20. The van der Waals surface area contributed by atoms with Crippen molar-refractivity contribution in [3.8, 4) is 5.75 Å². The van der Waals surface area contributed by atoms with E-state index in [4.69, 9.17) is 4.74 Å². The Labute approximate surface area is 132 Å². The quantitative estimate of drug-likeness (QED) is 0.849. The second kappa shape index (κ2) is 7.63. The average Bonchev–Trinajstić information content (AvgIpc) is 2.51. The van der Waals surface area contributed by atoms with Gasteiger partial charge in [0.1, 0.15) is 5.75 Å². The third-order valence-electron chi connectivity index (χ3n) is 4.24. The van der Waals surface area contributed by atoms with Crippen LogP contribution in [-0.4, -0.2) is 24.2 Å². The lowest BCUT2D eigenvalue weighted by Crippen LogP contribution is -2.33. The molecule has 22 heavy (non-hydrogen) atoms. The molecule has 0 unspecified atom stereocenters. The van der Waals surface area contributed by atoms with Crippen LogP contribution in [0.25, 0.3) is 0 Å². The Kier molecular flexibility index (Phi) is 5.83. The van der Waals surface area contributed by atoms with E-state index in [0.717, 1.165) is 12.1 Å². The zero-order valence-corrected chi connectivity index (χ0v) is 13.6. The number of hydrogen-bond acceptors (Lipinski definition) is 3. The molecular weight excluding hydrogens is 278 g/mol. The van der Waals surface area contributed by atoms with Crippen molar-refractivity contribution in [1.82, 2.24) is 5.32 Å². The highest BCUT2D eigenvalue weighted by atomic mass is 16.5. The van der Waals surface area contributed by atoms with Crippen molar-refractivity contribution in [3.63, 3.8) is 0 Å². The first-order chi connectivity index (χ1) is 10.4. The maximum Gasteiger partial charge on any atom is 0.257 e. The number of nitrogens with one attached hydrogen (secondary N) is 1. The molecule has 1 amide bonds. The van der Waals surface area contributed by atoms with E-state index in [9.17, 15) is 9.90 Å². The summed E-state index contributed by atoms with van der Waals surface area (Å²) in [5, 5.41) is 12.8. The highest BCUT2D eigenvalue weighted by Gasteiger charge is 2.16. The molecule has 0 spiro atoms. The maximum absolute atomic E-state index is 11.8. The molecule has 122 valence electrons. The summed E-state index contributed by atoms with van der Waals surface area (Å²) >= 11 is 0. The lowest BCUT2D eigenvalue weighted by atomic mass is 9.89. The molecule has 1 saturated carbocycles. The molecule has 2 N–H and O–H groups in total. The number of carbonyl (C=O) groups is 1. The van der Waals surface area contributed by atoms with Gasteiger partial charge in [-0.2, -0.15) is 0 Å². The van der Waals surface area contributed by atoms with E-state index >= 15 is 0 Å². The molecule has 1 fully saturated rings. The lowest BCUT2D eigenvalue weighted by Gasteiger charge is -2.21. The minimum absolute atomic E-state index is 0.0363. The van der Waals surface area contributed by atoms with Gasteiger partial charge in [0.15, 0.2) is 6.61 Å². The first-order valence-electron chi connectivity index (χ1n) is 8.17. The van der Waals surface area contributed by atoms with Gasteiger partial charge in [-0.25, -0.2) is 0 Å². The van der Waals surface area contributed by atoms with Crippen LogP contribution in [0.5, 0.6) is 5.75 Å². The van der Waals surface area contributed by atoms with E-state index in [0.29, 0.717) is 11.7 Å². The van der Waals surface area contributed by atoms with Gasteiger partial charge in [0.25, 0.3) is 5.91 Å². The predicted octanol–water partition coefficient (Wildman–Crippen LogP) is 2.99. The number of rotatable bonds is 6. The fourth-order valence-electron chi connectivity index (χ4n) is 2.81. The van der Waals surface area contributed by atoms with Crippen LogP contribution in [0, 0.1) is 5.92 Å². The van der Waals surface area contributed by atoms with Crippen LogP contribution in [0.4, 0.5) is 0 Å². The zero-order valence-electron chi connectivity index (χ0n) is 13.6. The van der Waals surface area contributed by atoms with Crippen LogP contribution in [0.1, 0.15) is 51.5 Å². The molecule has 4 nitrogen and oxygen atoms in total. The summed E-state index contributed by atoms with van der Waals surface area (Å²) in [5.41, 5.74) is -0.0443. The Bertz CT molecular complexity index is 470. The molecule has 0 bridgehead atoms. The third kappa shape index (κ3) is 5.34. The Morgan fingerprint density at radius 1 is 1.23 bits per heavy atom. The number of hydrogen-bond donors (Lipinski definition) is 2. The van der Waals surface area contributed by atoms with E-state index in [-0.39, 0.29) is 12.5 Å². The van der Waals surface area contributed by atoms with E-state index in [1.54, 1.807) is 26.0 Å². The molecule has 1 aromatic carbocycles. The van der Waals surface area contributed by atoms with Crippen molar-refractivity contribution < 1.29 is 14.6 Å². The van der Waals surface area contributed by atoms with Crippen LogP contribution in [0.3, 0.4) is 0 Å². The van der Waals surface area contributed by atoms with Crippen LogP contribution in [0.2, 0.25) is 0 Å². The normalized spacial score (nSPS) is 16.3. The van der Waals surface area contributed by atoms with Gasteiger partial charge in [0, 0.05) is 6.54 Å². The second-order valence-corrected chi connectivity index (χ2v) is 6.68. The summed E-state index contributed by atoms with van der Waals surface area (Å²) in [6, 6.07) is 7.19. The van der Waals surface area contributed by atoms with Crippen molar-refractivity contribution in [1.29, 1.82) is 0 Å². The number of carbonyl (C=O) groups excluding carboxylic acids is 1. The molecule has 1 aromatic rings. The topological polar surface area (TPSA) is 58.6 Å². The van der Waals surface area contributed by atoms with Gasteiger partial charge in [-0.15, -0.1) is 0 Å². The number of amides is 1. The summed E-state index contributed by atoms with van der Waals surface area (Å²) in [4.78, 5) is 11.8. The molecule has 1 aliphatic carbocycles. The van der Waals surface area contributed by atoms with Crippen LogP contribution in [-0.2, 0) is 10.4 Å². The summed E-state index contributed by atoms with van der Waals surface area (Å²) in [6.45, 7) is 4.28. The molecule has 1 aliphatic rings. The highest BCUT2D eigenvalue weighted by molar-refractivity contribution is 5.77. The summed E-state index contributed by atoms with van der Waals surface area (Å²) in [6.07, 6.45) is 6.34. The molecule has 0 saturated heterocycles. The van der Waals surface area contributed by atoms with E-state index in [2.05, 4.69) is 5.32 Å². The fourth-order valence-corrected chi connectivity index (χ4v) is 2.81. The Morgan fingerprint density at radius 2 is 1.86 bits per heavy atom. The van der Waals surface area contributed by atoms with Crippen molar-refractivity contribution in [3.05, 3.63) is 29.8 Å². The third-order valence-corrected chi connectivity index (χ3v) is 4.24. The monoisotopic (exact) mass is 305 g/mol. The van der Waals surface area contributed by atoms with E-state index < -0.39 is 5.60 Å². The van der Waals surface area contributed by atoms with Gasteiger partial charge in [-0.05, 0) is 50.3 Å². The lowest BCUT2D eigenvalue weighted by molar-refractivity contribution is -0.123. The van der Waals surface area contributed by atoms with Crippen molar-refractivity contribution in [2.45, 2.75) is 51.6 Å². The molecule has 4 heteroatoms. The second-order valence-electron chi connectivity index (χ2n) is 6.68. The van der Waals surface area contributed by atoms with Gasteiger partial charge < -0.3 is 15.2 Å². The Balaban J connectivity index is 1.71. The van der Waals surface area contributed by atoms with Crippen molar-refractivity contribution in [2.24, 2.45) is 5.92 Å². The predicted molar refractivity (Wildman–Crippen MR) is 86.8 cm³/mol. The molecule has 2 rings (SSSR count). The Hall–Kier alpha value is -1.55. The summed E-state index contributed by atoms with van der Waals surface area (Å²) < 4.78 is 5.48. The minimum Gasteiger partial charge on any atom is -0.484 e. The minimum atomic E-state index is -0.865. The molecule has 0 aliphatic heterocycles. The van der Waals surface area contributed by atoms with Gasteiger partial charge in [-0.3, -0.25) is 4.79 Å². The van der Waals surface area contributed by atoms with E-state index in [1.165, 1.54) is 32.1 Å². The van der Waals surface area contributed by atoms with Crippen molar-refractivity contribution >= 4 is 5.91 Å². The van der Waals surface area contributed by atoms with Crippen LogP contribution in [0.15, 0.2) is 24.3 Å². The van der Waals surface area contributed by atoms with Crippen LogP contribution < -0.4 is 10.1 Å². The van der Waals surface area contributed by atoms with Crippen molar-refractivity contribution in [2.75, 3.05) is 13.2 Å². The first kappa shape index (κ1) is 16.8. The van der Waals surface area contributed by atoms with Gasteiger partial charge in [0.05, 0.1) is 5.60 Å². The van der Waals surface area contributed by atoms with Gasteiger partial charge in [0.2, 0.25) is 0 Å². The van der Waals surface area contributed by atoms with Gasteiger partial charge in [-0.1, -0.05) is 31.4 Å². The average molecular weight is 305 g/mol. The van der Waals surface area contributed by atoms with Gasteiger partial charge >= 0.3 is 0 Å². The maximum atomic E-state index is 11.8. The SMILES string of the molecule is CC(C)(O)c1ccc(OCC(=O)NCC2CCCCC2)cc1. The molecular formula is C18H27NO3. The highest BCUT2D eigenvalue weighted by Crippen LogP contribution is 2.23. The molecule has 0 heterocycles. The van der Waals surface area contributed by atoms with Crippen LogP contribution >= 0.6 is 0 Å². The molecule has 0 radical (unpaired) electrons.